The number of nitrogens with zero attached hydrogens (tertiary/aromatic N) is 8. The Kier molecular flexibility index (Phi) is 6.12. The number of rotatable bonds is 6. The largest absolute Gasteiger partial charge is 0.368 e. The molecule has 0 radical (unpaired) electrons. The molecule has 10 nitrogen and oxygen atoms in total. The highest BCUT2D eigenvalue weighted by atomic mass is 16.2. The number of anilines is 3. The highest BCUT2D eigenvalue weighted by molar-refractivity contribution is 5.98. The van der Waals surface area contributed by atoms with E-state index in [-0.39, 0.29) is 5.91 Å². The summed E-state index contributed by atoms with van der Waals surface area (Å²) in [6.45, 7) is 6.17. The van der Waals surface area contributed by atoms with Crippen LogP contribution in [-0.4, -0.2) is 94.7 Å². The number of fused-ring (bicyclic) bond motifs is 1. The predicted molar refractivity (Wildman–Crippen MR) is 142 cm³/mol. The van der Waals surface area contributed by atoms with Crippen molar-refractivity contribution in [3.8, 4) is 0 Å². The van der Waals surface area contributed by atoms with Crippen LogP contribution in [0.25, 0.3) is 11.0 Å². The Labute approximate surface area is 211 Å². The van der Waals surface area contributed by atoms with Crippen molar-refractivity contribution >= 4 is 34.4 Å². The number of aromatic nitrogens is 4. The van der Waals surface area contributed by atoms with Gasteiger partial charge in [0, 0.05) is 71.0 Å². The Morgan fingerprint density at radius 3 is 2.42 bits per heavy atom. The van der Waals surface area contributed by atoms with Crippen molar-refractivity contribution < 1.29 is 4.79 Å². The molecule has 3 fully saturated rings. The van der Waals surface area contributed by atoms with Crippen LogP contribution >= 0.6 is 0 Å². The molecule has 5 heterocycles. The van der Waals surface area contributed by atoms with E-state index < -0.39 is 0 Å². The second kappa shape index (κ2) is 9.57. The summed E-state index contributed by atoms with van der Waals surface area (Å²) in [7, 11) is 3.56. The minimum atomic E-state index is -0.0386. The lowest BCUT2D eigenvalue weighted by Crippen LogP contribution is -2.47. The fraction of sp³-hybridized carbons (Fsp3) is 0.538. The summed E-state index contributed by atoms with van der Waals surface area (Å²) < 4.78 is 1.99. The van der Waals surface area contributed by atoms with E-state index in [0.717, 1.165) is 74.9 Å². The predicted octanol–water partition coefficient (Wildman–Crippen LogP) is 2.68. The Balaban J connectivity index is 1.22. The number of amides is 1. The Morgan fingerprint density at radius 1 is 0.972 bits per heavy atom. The number of carbonyl (C=O) groups excluding carboxylic acids is 1. The number of hydrogen-bond donors (Lipinski definition) is 1. The normalized spacial score (nSPS) is 19.1. The van der Waals surface area contributed by atoms with Crippen LogP contribution in [0.2, 0.25) is 0 Å². The van der Waals surface area contributed by atoms with Crippen molar-refractivity contribution in [2.45, 2.75) is 38.1 Å². The lowest BCUT2D eigenvalue weighted by atomic mass is 10.2. The Hall–Kier alpha value is -3.40. The van der Waals surface area contributed by atoms with Crippen molar-refractivity contribution in [1.82, 2.24) is 29.4 Å². The van der Waals surface area contributed by atoms with E-state index in [1.165, 1.54) is 19.3 Å². The van der Waals surface area contributed by atoms with E-state index in [1.807, 2.05) is 23.0 Å². The number of piperidine rings is 1. The zero-order valence-electron chi connectivity index (χ0n) is 21.2. The third-order valence-corrected chi connectivity index (χ3v) is 7.49. The molecule has 3 aliphatic rings. The summed E-state index contributed by atoms with van der Waals surface area (Å²) >= 11 is 0. The topological polar surface area (TPSA) is 85.7 Å². The van der Waals surface area contributed by atoms with Crippen LogP contribution in [0.15, 0.2) is 30.6 Å². The van der Waals surface area contributed by atoms with Gasteiger partial charge in [0.05, 0.1) is 11.9 Å². The second-order valence-corrected chi connectivity index (χ2v) is 10.3. The standard InChI is InChI=1S/C26H35N9O/c1-31(2)25(36)22-16-19-17-28-26(30-24(19)35(22)34-10-4-3-5-11-34)29-23-9-8-21(18-27-23)33-14-12-32(13-15-33)20-6-7-20/h8-9,16-18,20H,3-7,10-15H2,1-2H3,(H,27,28,29,30). The van der Waals surface area contributed by atoms with E-state index in [9.17, 15) is 4.79 Å². The van der Waals surface area contributed by atoms with E-state index in [4.69, 9.17) is 4.98 Å². The zero-order chi connectivity index (χ0) is 24.6. The smallest absolute Gasteiger partial charge is 0.272 e. The fourth-order valence-corrected chi connectivity index (χ4v) is 5.33. The van der Waals surface area contributed by atoms with E-state index in [0.29, 0.717) is 17.5 Å². The number of pyridine rings is 1. The average molecular weight is 490 g/mol. The van der Waals surface area contributed by atoms with Crippen molar-refractivity contribution in [2.24, 2.45) is 0 Å². The SMILES string of the molecule is CN(C)C(=O)c1cc2cnc(Nc3ccc(N4CCN(C5CC5)CC4)cn3)nc2n1N1CCCCC1. The number of nitrogens with one attached hydrogen (secondary N) is 1. The Morgan fingerprint density at radius 2 is 1.75 bits per heavy atom. The maximum absolute atomic E-state index is 13.0. The first-order valence-corrected chi connectivity index (χ1v) is 13.1. The molecular weight excluding hydrogens is 454 g/mol. The van der Waals surface area contributed by atoms with Crippen molar-refractivity contribution in [3.05, 3.63) is 36.3 Å². The fourth-order valence-electron chi connectivity index (χ4n) is 5.33. The van der Waals surface area contributed by atoms with Gasteiger partial charge in [-0.25, -0.2) is 14.6 Å². The van der Waals surface area contributed by atoms with Crippen LogP contribution in [0, 0.1) is 0 Å². The van der Waals surface area contributed by atoms with Gasteiger partial charge >= 0.3 is 0 Å². The first-order valence-electron chi connectivity index (χ1n) is 13.1. The van der Waals surface area contributed by atoms with Crippen LogP contribution < -0.4 is 15.2 Å². The summed E-state index contributed by atoms with van der Waals surface area (Å²) in [6.07, 6.45) is 9.88. The van der Waals surface area contributed by atoms with Gasteiger partial charge in [-0.15, -0.1) is 0 Å². The van der Waals surface area contributed by atoms with Gasteiger partial charge in [0.15, 0.2) is 5.65 Å². The molecule has 3 aromatic rings. The van der Waals surface area contributed by atoms with Crippen LogP contribution in [0.3, 0.4) is 0 Å². The highest BCUT2D eigenvalue weighted by Crippen LogP contribution is 2.29. The van der Waals surface area contributed by atoms with E-state index >= 15 is 0 Å². The van der Waals surface area contributed by atoms with Crippen LogP contribution in [0.1, 0.15) is 42.6 Å². The molecule has 0 bridgehead atoms. The van der Waals surface area contributed by atoms with Gasteiger partial charge in [0.2, 0.25) is 5.95 Å². The number of hydrogen-bond acceptors (Lipinski definition) is 8. The monoisotopic (exact) mass is 489 g/mol. The molecule has 1 amide bonds. The summed E-state index contributed by atoms with van der Waals surface area (Å²) in [4.78, 5) is 33.6. The van der Waals surface area contributed by atoms with Gasteiger partial charge < -0.3 is 20.1 Å². The molecular formula is C26H35N9O. The van der Waals surface area contributed by atoms with Crippen molar-refractivity contribution in [3.63, 3.8) is 0 Å². The van der Waals surface area contributed by atoms with Crippen molar-refractivity contribution in [1.29, 1.82) is 0 Å². The quantitative estimate of drug-likeness (QED) is 0.566. The van der Waals surface area contributed by atoms with Gasteiger partial charge in [-0.05, 0) is 50.3 Å². The Bertz CT molecular complexity index is 1220. The van der Waals surface area contributed by atoms with Crippen molar-refractivity contribution in [2.75, 3.05) is 68.6 Å². The molecule has 0 aromatic carbocycles. The molecule has 0 atom stereocenters. The number of piperazine rings is 1. The van der Waals surface area contributed by atoms with Gasteiger partial charge in [-0.2, -0.15) is 4.98 Å². The molecule has 0 spiro atoms. The molecule has 10 heteroatoms. The molecule has 1 N–H and O–H groups in total. The molecule has 3 aromatic heterocycles. The average Bonchev–Trinajstić information content (AvgIpc) is 3.69. The van der Waals surface area contributed by atoms with Crippen LogP contribution in [0.5, 0.6) is 0 Å². The second-order valence-electron chi connectivity index (χ2n) is 10.3. The maximum atomic E-state index is 13.0. The summed E-state index contributed by atoms with van der Waals surface area (Å²) in [6, 6.07) is 6.83. The molecule has 190 valence electrons. The summed E-state index contributed by atoms with van der Waals surface area (Å²) in [5.74, 6) is 1.14. The molecule has 36 heavy (non-hydrogen) atoms. The molecule has 2 saturated heterocycles. The van der Waals surface area contributed by atoms with E-state index in [1.54, 1.807) is 25.2 Å². The molecule has 1 saturated carbocycles. The van der Waals surface area contributed by atoms with Gasteiger partial charge in [0.25, 0.3) is 5.91 Å². The lowest BCUT2D eigenvalue weighted by Gasteiger charge is -2.36. The minimum Gasteiger partial charge on any atom is -0.368 e. The summed E-state index contributed by atoms with van der Waals surface area (Å²) in [5, 5.41) is 6.34. The summed E-state index contributed by atoms with van der Waals surface area (Å²) in [5.41, 5.74) is 2.51. The zero-order valence-corrected chi connectivity index (χ0v) is 21.2. The maximum Gasteiger partial charge on any atom is 0.272 e. The lowest BCUT2D eigenvalue weighted by molar-refractivity contribution is 0.0816. The molecule has 1 aliphatic carbocycles. The van der Waals surface area contributed by atoms with E-state index in [2.05, 4.69) is 36.2 Å². The molecule has 2 aliphatic heterocycles. The molecule has 6 rings (SSSR count). The van der Waals surface area contributed by atoms with Gasteiger partial charge in [-0.3, -0.25) is 9.69 Å². The first kappa shape index (κ1) is 23.0. The third-order valence-electron chi connectivity index (χ3n) is 7.49. The van der Waals surface area contributed by atoms with Gasteiger partial charge in [-0.1, -0.05) is 0 Å². The number of carbonyl (C=O) groups is 1. The highest BCUT2D eigenvalue weighted by Gasteiger charge is 2.31. The van der Waals surface area contributed by atoms with Crippen LogP contribution in [0.4, 0.5) is 17.5 Å². The third kappa shape index (κ3) is 4.57. The first-order chi connectivity index (χ1) is 17.6. The van der Waals surface area contributed by atoms with Gasteiger partial charge in [0.1, 0.15) is 11.5 Å². The molecule has 0 unspecified atom stereocenters. The van der Waals surface area contributed by atoms with Crippen LogP contribution in [-0.2, 0) is 0 Å². The minimum absolute atomic E-state index is 0.0386.